The summed E-state index contributed by atoms with van der Waals surface area (Å²) in [5, 5.41) is 9.15. The van der Waals surface area contributed by atoms with Crippen LogP contribution in [0.5, 0.6) is 0 Å². The molecule has 8 heteroatoms. The fourth-order valence-electron chi connectivity index (χ4n) is 3.70. The highest BCUT2D eigenvalue weighted by atomic mass is 35.5. The van der Waals surface area contributed by atoms with E-state index in [-0.39, 0.29) is 11.1 Å². The summed E-state index contributed by atoms with van der Waals surface area (Å²) in [6, 6.07) is 7.24. The fraction of sp³-hybridized carbons (Fsp3) is 0.350. The Bertz CT molecular complexity index is 872. The number of piperidine rings is 1. The largest absolute Gasteiger partial charge is 0.480 e. The lowest BCUT2D eigenvalue weighted by Crippen LogP contribution is -2.47. The van der Waals surface area contributed by atoms with E-state index in [1.807, 2.05) is 0 Å². The zero-order chi connectivity index (χ0) is 20.5. The van der Waals surface area contributed by atoms with Crippen molar-refractivity contribution in [2.45, 2.75) is 37.5 Å². The van der Waals surface area contributed by atoms with Gasteiger partial charge in [-0.2, -0.15) is 13.2 Å². The van der Waals surface area contributed by atoms with E-state index in [9.17, 15) is 27.5 Å². The molecule has 3 rings (SSSR count). The minimum Gasteiger partial charge on any atom is -0.480 e. The molecule has 2 aromatic carbocycles. The molecule has 0 amide bonds. The van der Waals surface area contributed by atoms with E-state index >= 15 is 0 Å². The molecule has 2 atom stereocenters. The SMILES string of the molecule is O=C(O)C1CCCCN1C(c1ccc(Cl)c(C(F)(F)F)c1)c1ccccc1F. The number of alkyl halides is 3. The first kappa shape index (κ1) is 20.6. The molecule has 0 bridgehead atoms. The van der Waals surface area contributed by atoms with E-state index in [1.54, 1.807) is 11.0 Å². The molecular weight excluding hydrogens is 398 g/mol. The Morgan fingerprint density at radius 3 is 2.54 bits per heavy atom. The Morgan fingerprint density at radius 1 is 1.18 bits per heavy atom. The first-order chi connectivity index (χ1) is 13.2. The van der Waals surface area contributed by atoms with Crippen LogP contribution < -0.4 is 0 Å². The van der Waals surface area contributed by atoms with Crippen molar-refractivity contribution in [3.05, 3.63) is 70.0 Å². The van der Waals surface area contributed by atoms with Gasteiger partial charge in [0.05, 0.1) is 16.6 Å². The number of benzene rings is 2. The number of carboxylic acid groups (broad SMARTS) is 1. The van der Waals surface area contributed by atoms with Gasteiger partial charge in [-0.15, -0.1) is 0 Å². The van der Waals surface area contributed by atoms with Crippen molar-refractivity contribution in [2.24, 2.45) is 0 Å². The van der Waals surface area contributed by atoms with Crippen molar-refractivity contribution in [3.63, 3.8) is 0 Å². The second kappa shape index (κ2) is 8.09. The Labute approximate surface area is 164 Å². The first-order valence-electron chi connectivity index (χ1n) is 8.79. The van der Waals surface area contributed by atoms with E-state index in [2.05, 4.69) is 0 Å². The number of halogens is 5. The maximum absolute atomic E-state index is 14.6. The molecule has 3 nitrogen and oxygen atoms in total. The van der Waals surface area contributed by atoms with E-state index in [1.165, 1.54) is 24.3 Å². The molecule has 28 heavy (non-hydrogen) atoms. The topological polar surface area (TPSA) is 40.5 Å². The van der Waals surface area contributed by atoms with E-state index in [0.717, 1.165) is 12.1 Å². The van der Waals surface area contributed by atoms with E-state index < -0.39 is 40.6 Å². The zero-order valence-corrected chi connectivity index (χ0v) is 15.5. The smallest absolute Gasteiger partial charge is 0.417 e. The van der Waals surface area contributed by atoms with Gasteiger partial charge in [0, 0.05) is 5.56 Å². The lowest BCUT2D eigenvalue weighted by molar-refractivity contribution is -0.145. The third-order valence-electron chi connectivity index (χ3n) is 4.97. The molecule has 0 aromatic heterocycles. The third kappa shape index (κ3) is 4.15. The number of aliphatic carboxylic acids is 1. The Balaban J connectivity index is 2.18. The first-order valence-corrected chi connectivity index (χ1v) is 9.17. The number of carbonyl (C=O) groups is 1. The van der Waals surface area contributed by atoms with Crippen molar-refractivity contribution in [1.29, 1.82) is 0 Å². The number of likely N-dealkylation sites (tertiary alicyclic amines) is 1. The second-order valence-corrected chi connectivity index (χ2v) is 7.16. The molecule has 2 unspecified atom stereocenters. The predicted molar refractivity (Wildman–Crippen MR) is 96.7 cm³/mol. The van der Waals surface area contributed by atoms with Gasteiger partial charge in [-0.3, -0.25) is 9.69 Å². The van der Waals surface area contributed by atoms with Gasteiger partial charge in [-0.1, -0.05) is 42.3 Å². The summed E-state index contributed by atoms with van der Waals surface area (Å²) in [6.45, 7) is 0.333. The van der Waals surface area contributed by atoms with E-state index in [4.69, 9.17) is 11.6 Å². The molecule has 0 saturated carbocycles. The van der Waals surface area contributed by atoms with Crippen LogP contribution in [0.2, 0.25) is 5.02 Å². The van der Waals surface area contributed by atoms with Crippen molar-refractivity contribution in [1.82, 2.24) is 4.90 Å². The highest BCUT2D eigenvalue weighted by Crippen LogP contribution is 2.40. The van der Waals surface area contributed by atoms with Crippen molar-refractivity contribution < 1.29 is 27.5 Å². The lowest BCUT2D eigenvalue weighted by Gasteiger charge is -2.40. The minimum absolute atomic E-state index is 0.131. The highest BCUT2D eigenvalue weighted by Gasteiger charge is 2.38. The quantitative estimate of drug-likeness (QED) is 0.668. The monoisotopic (exact) mass is 415 g/mol. The van der Waals surface area contributed by atoms with Gasteiger partial charge in [0.1, 0.15) is 11.9 Å². The number of rotatable bonds is 4. The molecule has 1 N–H and O–H groups in total. The Hall–Kier alpha value is -2.12. The van der Waals surface area contributed by atoms with Crippen molar-refractivity contribution in [2.75, 3.05) is 6.54 Å². The summed E-state index contributed by atoms with van der Waals surface area (Å²) >= 11 is 5.73. The average Bonchev–Trinajstić information content (AvgIpc) is 2.64. The molecule has 1 saturated heterocycles. The van der Waals surface area contributed by atoms with Gasteiger partial charge in [0.25, 0.3) is 0 Å². The van der Waals surface area contributed by atoms with Crippen LogP contribution in [0.4, 0.5) is 17.6 Å². The summed E-state index contributed by atoms with van der Waals surface area (Å²) in [6.07, 6.45) is -2.97. The summed E-state index contributed by atoms with van der Waals surface area (Å²) < 4.78 is 54.7. The predicted octanol–water partition coefficient (Wildman–Crippen LogP) is 5.53. The van der Waals surface area contributed by atoms with Gasteiger partial charge < -0.3 is 5.11 Å². The van der Waals surface area contributed by atoms with Gasteiger partial charge in [-0.05, 0) is 43.1 Å². The summed E-state index contributed by atoms with van der Waals surface area (Å²) in [5.74, 6) is -1.68. The van der Waals surface area contributed by atoms with Gasteiger partial charge in [0.2, 0.25) is 0 Å². The number of hydrogen-bond donors (Lipinski definition) is 1. The van der Waals surface area contributed by atoms with Crippen LogP contribution in [-0.2, 0) is 11.0 Å². The van der Waals surface area contributed by atoms with Crippen LogP contribution in [0.3, 0.4) is 0 Å². The second-order valence-electron chi connectivity index (χ2n) is 6.75. The van der Waals surface area contributed by atoms with Crippen LogP contribution in [0, 0.1) is 5.82 Å². The zero-order valence-electron chi connectivity index (χ0n) is 14.7. The molecule has 0 radical (unpaired) electrons. The maximum atomic E-state index is 14.6. The van der Waals surface area contributed by atoms with Crippen LogP contribution in [0.25, 0.3) is 0 Å². The van der Waals surface area contributed by atoms with Gasteiger partial charge in [-0.25, -0.2) is 4.39 Å². The molecule has 1 heterocycles. The van der Waals surface area contributed by atoms with E-state index in [0.29, 0.717) is 25.8 Å². The summed E-state index contributed by atoms with van der Waals surface area (Å²) in [7, 11) is 0. The molecule has 1 aliphatic heterocycles. The molecule has 150 valence electrons. The van der Waals surface area contributed by atoms with Crippen molar-refractivity contribution >= 4 is 17.6 Å². The number of hydrogen-bond acceptors (Lipinski definition) is 2. The summed E-state index contributed by atoms with van der Waals surface area (Å²) in [5.41, 5.74) is -0.752. The van der Waals surface area contributed by atoms with Crippen LogP contribution in [-0.4, -0.2) is 28.6 Å². The molecular formula is C20H18ClF4NO2. The standard InChI is InChI=1S/C20H18ClF4NO2/c21-15-9-8-12(11-14(15)20(23,24)25)18(13-5-1-2-6-16(13)22)26-10-4-3-7-17(26)19(27)28/h1-2,5-6,8-9,11,17-18H,3-4,7,10H2,(H,27,28). The van der Waals surface area contributed by atoms with Crippen LogP contribution in [0.1, 0.15) is 42.0 Å². The van der Waals surface area contributed by atoms with Gasteiger partial charge in [0.15, 0.2) is 0 Å². The fourth-order valence-corrected chi connectivity index (χ4v) is 3.93. The third-order valence-corrected chi connectivity index (χ3v) is 5.30. The molecule has 1 aliphatic rings. The molecule has 1 fully saturated rings. The molecule has 2 aromatic rings. The van der Waals surface area contributed by atoms with Crippen LogP contribution >= 0.6 is 11.6 Å². The van der Waals surface area contributed by atoms with Crippen LogP contribution in [0.15, 0.2) is 42.5 Å². The maximum Gasteiger partial charge on any atom is 0.417 e. The minimum atomic E-state index is -4.68. The van der Waals surface area contributed by atoms with Gasteiger partial charge >= 0.3 is 12.1 Å². The Morgan fingerprint density at radius 2 is 1.89 bits per heavy atom. The number of nitrogens with zero attached hydrogens (tertiary/aromatic N) is 1. The highest BCUT2D eigenvalue weighted by molar-refractivity contribution is 6.31. The molecule has 0 spiro atoms. The number of carboxylic acids is 1. The summed E-state index contributed by atoms with van der Waals surface area (Å²) in [4.78, 5) is 13.3. The lowest BCUT2D eigenvalue weighted by atomic mass is 9.90. The van der Waals surface area contributed by atoms with Crippen molar-refractivity contribution in [3.8, 4) is 0 Å². The Kier molecular flexibility index (Phi) is 5.95. The average molecular weight is 416 g/mol. The normalized spacial score (nSPS) is 19.4. The molecule has 0 aliphatic carbocycles.